The summed E-state index contributed by atoms with van der Waals surface area (Å²) in [7, 11) is 0. The van der Waals surface area contributed by atoms with Crippen LogP contribution in [-0.2, 0) is 9.53 Å². The Morgan fingerprint density at radius 3 is 2.67 bits per heavy atom. The number of ether oxygens (including phenoxy) is 1. The Morgan fingerprint density at radius 2 is 2.06 bits per heavy atom. The molecule has 94 valence electrons. The van der Waals surface area contributed by atoms with Crippen molar-refractivity contribution in [3.8, 4) is 0 Å². The molecule has 6 heteroatoms. The van der Waals surface area contributed by atoms with Crippen molar-refractivity contribution in [1.29, 1.82) is 0 Å². The van der Waals surface area contributed by atoms with E-state index in [4.69, 9.17) is 20.8 Å². The Morgan fingerprint density at radius 1 is 1.39 bits per heavy atom. The molecule has 0 aliphatic heterocycles. The zero-order chi connectivity index (χ0) is 13.4. The molecule has 2 rings (SSSR count). The molecule has 0 radical (unpaired) electrons. The van der Waals surface area contributed by atoms with E-state index < -0.39 is 17.5 Å². The molecule has 0 atom stereocenters. The largest absolute Gasteiger partial charge is 0.462 e. The molecule has 0 aromatic carbocycles. The predicted octanol–water partition coefficient (Wildman–Crippen LogP) is 2.11. The minimum absolute atomic E-state index is 0.00869. The first-order valence-electron chi connectivity index (χ1n) is 5.24. The summed E-state index contributed by atoms with van der Waals surface area (Å²) in [5, 5.41) is -0.225. The summed E-state index contributed by atoms with van der Waals surface area (Å²) >= 11 is 5.61. The SMILES string of the molecule is CCOC(=O)c1c(C)oc2c1C(=O)C(=O)C(Cl)=C2. The standard InChI is InChI=1S/C12H9ClO5/c1-3-17-12(16)8-5(2)18-7-4-6(13)10(14)11(15)9(7)8/h4H,3H2,1-2H3. The molecule has 0 saturated heterocycles. The lowest BCUT2D eigenvalue weighted by molar-refractivity contribution is -0.111. The van der Waals surface area contributed by atoms with Crippen LogP contribution in [0.3, 0.4) is 0 Å². The third-order valence-corrected chi connectivity index (χ3v) is 2.78. The number of carbonyl (C=O) groups excluding carboxylic acids is 3. The molecule has 0 saturated carbocycles. The van der Waals surface area contributed by atoms with Gasteiger partial charge in [0.15, 0.2) is 0 Å². The van der Waals surface area contributed by atoms with Crippen molar-refractivity contribution in [2.45, 2.75) is 13.8 Å². The molecule has 1 aromatic heterocycles. The molecule has 5 nitrogen and oxygen atoms in total. The summed E-state index contributed by atoms with van der Waals surface area (Å²) in [5.74, 6) is -2.05. The molecule has 0 amide bonds. The van der Waals surface area contributed by atoms with E-state index in [1.165, 1.54) is 13.0 Å². The first-order chi connectivity index (χ1) is 8.47. The van der Waals surface area contributed by atoms with Gasteiger partial charge in [-0.2, -0.15) is 0 Å². The first kappa shape index (κ1) is 12.6. The number of hydrogen-bond acceptors (Lipinski definition) is 5. The maximum Gasteiger partial charge on any atom is 0.342 e. The fourth-order valence-electron chi connectivity index (χ4n) is 1.74. The predicted molar refractivity (Wildman–Crippen MR) is 62.6 cm³/mol. The molecule has 0 fully saturated rings. The Kier molecular flexibility index (Phi) is 3.09. The summed E-state index contributed by atoms with van der Waals surface area (Å²) in [5.41, 5.74) is -0.0778. The van der Waals surface area contributed by atoms with Crippen molar-refractivity contribution >= 4 is 35.2 Å². The Balaban J connectivity index is 2.63. The van der Waals surface area contributed by atoms with Gasteiger partial charge in [-0.25, -0.2) is 4.79 Å². The monoisotopic (exact) mass is 268 g/mol. The van der Waals surface area contributed by atoms with E-state index in [9.17, 15) is 14.4 Å². The minimum atomic E-state index is -0.851. The highest BCUT2D eigenvalue weighted by atomic mass is 35.5. The second-order valence-corrected chi connectivity index (χ2v) is 4.05. The molecule has 0 N–H and O–H groups in total. The summed E-state index contributed by atoms with van der Waals surface area (Å²) in [6.07, 6.45) is 1.23. The maximum absolute atomic E-state index is 11.8. The topological polar surface area (TPSA) is 73.6 Å². The zero-order valence-corrected chi connectivity index (χ0v) is 10.5. The molecule has 1 heterocycles. The van der Waals surface area contributed by atoms with Crippen LogP contribution in [0.15, 0.2) is 9.45 Å². The number of ketones is 2. The van der Waals surface area contributed by atoms with E-state index in [0.29, 0.717) is 0 Å². The van der Waals surface area contributed by atoms with Gasteiger partial charge in [-0.05, 0) is 13.8 Å². The first-order valence-corrected chi connectivity index (χ1v) is 5.61. The van der Waals surface area contributed by atoms with Crippen LogP contribution in [-0.4, -0.2) is 24.1 Å². The van der Waals surface area contributed by atoms with Crippen molar-refractivity contribution < 1.29 is 23.5 Å². The van der Waals surface area contributed by atoms with E-state index in [1.54, 1.807) is 6.92 Å². The molecule has 0 spiro atoms. The number of esters is 1. The van der Waals surface area contributed by atoms with E-state index in [1.807, 2.05) is 0 Å². The summed E-state index contributed by atoms with van der Waals surface area (Å²) in [6, 6.07) is 0. The average molecular weight is 269 g/mol. The molecule has 1 aromatic rings. The third kappa shape index (κ3) is 1.76. The van der Waals surface area contributed by atoms with Crippen molar-refractivity contribution in [1.82, 2.24) is 0 Å². The van der Waals surface area contributed by atoms with Crippen LogP contribution in [0, 0.1) is 6.92 Å². The van der Waals surface area contributed by atoms with Gasteiger partial charge in [0.05, 0.1) is 17.2 Å². The Labute approximate surface area is 107 Å². The molecule has 1 aliphatic carbocycles. The van der Waals surface area contributed by atoms with Crippen molar-refractivity contribution in [3.63, 3.8) is 0 Å². The lowest BCUT2D eigenvalue weighted by Crippen LogP contribution is -2.21. The summed E-state index contributed by atoms with van der Waals surface area (Å²) in [4.78, 5) is 35.0. The smallest absolute Gasteiger partial charge is 0.342 e. The van der Waals surface area contributed by atoms with E-state index >= 15 is 0 Å². The van der Waals surface area contributed by atoms with Gasteiger partial charge < -0.3 is 9.15 Å². The van der Waals surface area contributed by atoms with Gasteiger partial charge in [0.1, 0.15) is 17.1 Å². The Hall–Kier alpha value is -1.88. The molecule has 1 aliphatic rings. The fraction of sp³-hybridized carbons (Fsp3) is 0.250. The van der Waals surface area contributed by atoms with Crippen LogP contribution in [0.1, 0.15) is 39.2 Å². The lowest BCUT2D eigenvalue weighted by atomic mass is 9.97. The van der Waals surface area contributed by atoms with Gasteiger partial charge in [-0.15, -0.1) is 0 Å². The van der Waals surface area contributed by atoms with Crippen LogP contribution >= 0.6 is 11.6 Å². The van der Waals surface area contributed by atoms with Gasteiger partial charge in [0, 0.05) is 6.08 Å². The quantitative estimate of drug-likeness (QED) is 0.607. The molecule has 0 bridgehead atoms. The molecule has 18 heavy (non-hydrogen) atoms. The van der Waals surface area contributed by atoms with Crippen LogP contribution in [0.25, 0.3) is 6.08 Å². The summed E-state index contributed by atoms with van der Waals surface area (Å²) < 4.78 is 10.1. The number of rotatable bonds is 2. The number of aryl methyl sites for hydroxylation is 1. The highest BCUT2D eigenvalue weighted by Crippen LogP contribution is 2.31. The van der Waals surface area contributed by atoms with Gasteiger partial charge in [-0.3, -0.25) is 9.59 Å². The second kappa shape index (κ2) is 4.42. The van der Waals surface area contributed by atoms with Gasteiger partial charge in [0.2, 0.25) is 11.6 Å². The van der Waals surface area contributed by atoms with Crippen molar-refractivity contribution in [2.24, 2.45) is 0 Å². The second-order valence-electron chi connectivity index (χ2n) is 3.64. The van der Waals surface area contributed by atoms with Gasteiger partial charge in [-0.1, -0.05) is 11.6 Å². The lowest BCUT2D eigenvalue weighted by Gasteiger charge is -2.06. The fourth-order valence-corrected chi connectivity index (χ4v) is 1.93. The highest BCUT2D eigenvalue weighted by molar-refractivity contribution is 6.63. The zero-order valence-electron chi connectivity index (χ0n) is 9.70. The molecular weight excluding hydrogens is 260 g/mol. The number of Topliss-reactive ketones (excluding diaryl/α,β-unsaturated/α-hetero) is 2. The Bertz CT molecular complexity index is 594. The van der Waals surface area contributed by atoms with Gasteiger partial charge in [0.25, 0.3) is 0 Å². The van der Waals surface area contributed by atoms with Crippen molar-refractivity contribution in [2.75, 3.05) is 6.61 Å². The normalized spacial score (nSPS) is 14.3. The minimum Gasteiger partial charge on any atom is -0.462 e. The number of hydrogen-bond donors (Lipinski definition) is 0. The van der Waals surface area contributed by atoms with Crippen molar-refractivity contribution in [3.05, 3.63) is 27.7 Å². The van der Waals surface area contributed by atoms with Crippen LogP contribution in [0.2, 0.25) is 0 Å². The summed E-state index contributed by atoms with van der Waals surface area (Å²) in [6.45, 7) is 3.32. The van der Waals surface area contributed by atoms with Crippen LogP contribution in [0.5, 0.6) is 0 Å². The number of allylic oxidation sites excluding steroid dienone is 1. The number of furan rings is 1. The number of carbonyl (C=O) groups is 3. The number of fused-ring (bicyclic) bond motifs is 1. The third-order valence-electron chi connectivity index (χ3n) is 2.50. The molecule has 0 unspecified atom stereocenters. The maximum atomic E-state index is 11.8. The number of halogens is 1. The van der Waals surface area contributed by atoms with Crippen LogP contribution in [0.4, 0.5) is 0 Å². The van der Waals surface area contributed by atoms with Crippen LogP contribution < -0.4 is 0 Å². The van der Waals surface area contributed by atoms with E-state index in [0.717, 1.165) is 0 Å². The van der Waals surface area contributed by atoms with E-state index in [2.05, 4.69) is 0 Å². The average Bonchev–Trinajstić information content (AvgIpc) is 2.63. The van der Waals surface area contributed by atoms with E-state index in [-0.39, 0.29) is 34.3 Å². The van der Waals surface area contributed by atoms with Gasteiger partial charge >= 0.3 is 5.97 Å². The highest BCUT2D eigenvalue weighted by Gasteiger charge is 2.36. The molecular formula is C12H9ClO5.